The molecule has 6 heteroatoms. The zero-order valence-electron chi connectivity index (χ0n) is 16.5. The molecule has 4 rings (SSSR count). The van der Waals surface area contributed by atoms with E-state index >= 15 is 0 Å². The number of hydrogen-bond acceptors (Lipinski definition) is 4. The van der Waals surface area contributed by atoms with Gasteiger partial charge >= 0.3 is 0 Å². The summed E-state index contributed by atoms with van der Waals surface area (Å²) >= 11 is 0. The Kier molecular flexibility index (Phi) is 6.37. The van der Waals surface area contributed by atoms with Gasteiger partial charge in [-0.1, -0.05) is 61.2 Å². The van der Waals surface area contributed by atoms with Gasteiger partial charge in [0, 0.05) is 13.1 Å². The molecule has 1 amide bonds. The molecule has 1 atom stereocenters. The summed E-state index contributed by atoms with van der Waals surface area (Å²) in [7, 11) is 0. The summed E-state index contributed by atoms with van der Waals surface area (Å²) in [4.78, 5) is 14.8. The van der Waals surface area contributed by atoms with Crippen molar-refractivity contribution in [2.24, 2.45) is 0 Å². The number of rotatable bonds is 5. The van der Waals surface area contributed by atoms with Gasteiger partial charge in [-0.25, -0.2) is 4.68 Å². The summed E-state index contributed by atoms with van der Waals surface area (Å²) in [6.07, 6.45) is 11.2. The van der Waals surface area contributed by atoms with Crippen molar-refractivity contribution >= 4 is 5.91 Å². The van der Waals surface area contributed by atoms with Crippen LogP contribution >= 0.6 is 0 Å². The molecule has 0 spiro atoms. The number of aromatic nitrogens is 3. The lowest BCUT2D eigenvalue weighted by molar-refractivity contribution is -0.00689. The van der Waals surface area contributed by atoms with Crippen molar-refractivity contribution in [1.82, 2.24) is 19.9 Å². The van der Waals surface area contributed by atoms with E-state index in [-0.39, 0.29) is 12.0 Å². The molecule has 0 radical (unpaired) electrons. The van der Waals surface area contributed by atoms with Crippen LogP contribution in [0.1, 0.15) is 73.5 Å². The molecule has 2 fully saturated rings. The molecular weight excluding hydrogens is 352 g/mol. The third kappa shape index (κ3) is 4.79. The number of carbonyl (C=O) groups excluding carboxylic acids is 1. The number of ether oxygens (including phenoxy) is 1. The summed E-state index contributed by atoms with van der Waals surface area (Å²) in [5.74, 6) is -0.0205. The fraction of sp³-hybridized carbons (Fsp3) is 0.591. The molecule has 1 aromatic carbocycles. The van der Waals surface area contributed by atoms with Crippen molar-refractivity contribution in [3.8, 4) is 0 Å². The van der Waals surface area contributed by atoms with E-state index in [1.54, 1.807) is 0 Å². The Labute approximate surface area is 166 Å². The Morgan fingerprint density at radius 2 is 1.82 bits per heavy atom. The van der Waals surface area contributed by atoms with Crippen LogP contribution in [0.15, 0.2) is 36.5 Å². The number of likely N-dealkylation sites (tertiary alicyclic amines) is 1. The van der Waals surface area contributed by atoms with E-state index in [9.17, 15) is 4.79 Å². The van der Waals surface area contributed by atoms with Gasteiger partial charge in [-0.2, -0.15) is 0 Å². The van der Waals surface area contributed by atoms with Crippen LogP contribution in [0.3, 0.4) is 0 Å². The molecule has 150 valence electrons. The molecule has 1 saturated carbocycles. The van der Waals surface area contributed by atoms with Crippen LogP contribution in [0.25, 0.3) is 0 Å². The van der Waals surface area contributed by atoms with E-state index in [0.29, 0.717) is 24.9 Å². The highest BCUT2D eigenvalue weighted by Gasteiger charge is 2.27. The SMILES string of the molecule is O=C(c1cn(C2CCCCCC2)nn1)N1CCC[C@@H](OCc2ccccc2)C1. The average molecular weight is 383 g/mol. The smallest absolute Gasteiger partial charge is 0.276 e. The summed E-state index contributed by atoms with van der Waals surface area (Å²) in [6, 6.07) is 10.6. The number of amides is 1. The molecule has 2 heterocycles. The molecule has 0 unspecified atom stereocenters. The lowest BCUT2D eigenvalue weighted by Crippen LogP contribution is -2.43. The predicted octanol–water partition coefficient (Wildman–Crippen LogP) is 3.99. The minimum absolute atomic E-state index is 0.0205. The van der Waals surface area contributed by atoms with E-state index in [2.05, 4.69) is 22.4 Å². The highest BCUT2D eigenvalue weighted by molar-refractivity contribution is 5.92. The van der Waals surface area contributed by atoms with Gasteiger partial charge in [0.25, 0.3) is 5.91 Å². The molecule has 1 aliphatic carbocycles. The first kappa shape index (κ1) is 19.1. The maximum absolute atomic E-state index is 12.9. The van der Waals surface area contributed by atoms with Gasteiger partial charge in [-0.15, -0.1) is 5.10 Å². The lowest BCUT2D eigenvalue weighted by atomic mass is 10.1. The van der Waals surface area contributed by atoms with E-state index < -0.39 is 0 Å². The Morgan fingerprint density at radius 1 is 1.04 bits per heavy atom. The van der Waals surface area contributed by atoms with Crippen LogP contribution in [0, 0.1) is 0 Å². The highest BCUT2D eigenvalue weighted by atomic mass is 16.5. The van der Waals surface area contributed by atoms with Gasteiger partial charge in [0.2, 0.25) is 0 Å². The van der Waals surface area contributed by atoms with Crippen LogP contribution in [0.2, 0.25) is 0 Å². The zero-order chi connectivity index (χ0) is 19.2. The average Bonchev–Trinajstić information content (AvgIpc) is 3.08. The van der Waals surface area contributed by atoms with E-state index in [1.165, 1.54) is 25.7 Å². The molecule has 2 aliphatic rings. The first-order chi connectivity index (χ1) is 13.8. The number of carbonyl (C=O) groups is 1. The van der Waals surface area contributed by atoms with Gasteiger partial charge in [0.1, 0.15) is 0 Å². The fourth-order valence-electron chi connectivity index (χ4n) is 4.28. The second kappa shape index (κ2) is 9.32. The van der Waals surface area contributed by atoms with E-state index in [4.69, 9.17) is 4.74 Å². The normalized spacial score (nSPS) is 21.4. The van der Waals surface area contributed by atoms with Crippen LogP contribution in [-0.4, -0.2) is 45.0 Å². The maximum atomic E-state index is 12.9. The number of nitrogens with zero attached hydrogens (tertiary/aromatic N) is 4. The summed E-state index contributed by atoms with van der Waals surface area (Å²) in [6.45, 7) is 1.98. The fourth-order valence-corrected chi connectivity index (χ4v) is 4.28. The predicted molar refractivity (Wildman–Crippen MR) is 107 cm³/mol. The van der Waals surface area contributed by atoms with Crippen molar-refractivity contribution in [3.05, 3.63) is 47.8 Å². The molecule has 1 saturated heterocycles. The van der Waals surface area contributed by atoms with Crippen LogP contribution < -0.4 is 0 Å². The quantitative estimate of drug-likeness (QED) is 0.734. The summed E-state index contributed by atoms with van der Waals surface area (Å²) in [5.41, 5.74) is 1.63. The summed E-state index contributed by atoms with van der Waals surface area (Å²) in [5, 5.41) is 8.48. The molecule has 6 nitrogen and oxygen atoms in total. The third-order valence-corrected chi connectivity index (χ3v) is 5.92. The van der Waals surface area contributed by atoms with Crippen molar-refractivity contribution < 1.29 is 9.53 Å². The maximum Gasteiger partial charge on any atom is 0.276 e. The Morgan fingerprint density at radius 3 is 2.61 bits per heavy atom. The second-order valence-electron chi connectivity index (χ2n) is 8.04. The third-order valence-electron chi connectivity index (χ3n) is 5.92. The highest BCUT2D eigenvalue weighted by Crippen LogP contribution is 2.26. The van der Waals surface area contributed by atoms with Gasteiger partial charge in [0.15, 0.2) is 5.69 Å². The number of piperidine rings is 1. The molecule has 1 aromatic heterocycles. The monoisotopic (exact) mass is 382 g/mol. The minimum atomic E-state index is -0.0205. The van der Waals surface area contributed by atoms with Crippen molar-refractivity contribution in [2.45, 2.75) is 70.1 Å². The summed E-state index contributed by atoms with van der Waals surface area (Å²) < 4.78 is 7.99. The van der Waals surface area contributed by atoms with Gasteiger partial charge in [-0.05, 0) is 31.2 Å². The van der Waals surface area contributed by atoms with Crippen molar-refractivity contribution in [2.75, 3.05) is 13.1 Å². The lowest BCUT2D eigenvalue weighted by Gasteiger charge is -2.32. The number of benzene rings is 1. The molecule has 0 bridgehead atoms. The van der Waals surface area contributed by atoms with Gasteiger partial charge < -0.3 is 9.64 Å². The standard InChI is InChI=1S/C22H30N4O2/c27-22(21-16-26(24-23-21)19-11-6-1-2-7-12-19)25-14-8-13-20(15-25)28-17-18-9-4-3-5-10-18/h3-5,9-10,16,19-20H,1-2,6-8,11-15,17H2/t20-/m1/s1. The topological polar surface area (TPSA) is 60.2 Å². The molecule has 0 N–H and O–H groups in total. The van der Waals surface area contributed by atoms with E-state index in [1.807, 2.05) is 34.0 Å². The zero-order valence-corrected chi connectivity index (χ0v) is 16.5. The van der Waals surface area contributed by atoms with Gasteiger partial charge in [0.05, 0.1) is 24.9 Å². The second-order valence-corrected chi connectivity index (χ2v) is 8.04. The Balaban J connectivity index is 1.33. The van der Waals surface area contributed by atoms with E-state index in [0.717, 1.165) is 37.8 Å². The molecule has 28 heavy (non-hydrogen) atoms. The van der Waals surface area contributed by atoms with Gasteiger partial charge in [-0.3, -0.25) is 4.79 Å². The number of hydrogen-bond donors (Lipinski definition) is 0. The van der Waals surface area contributed by atoms with Crippen LogP contribution in [-0.2, 0) is 11.3 Å². The van der Waals surface area contributed by atoms with Crippen LogP contribution in [0.5, 0.6) is 0 Å². The molecule has 2 aromatic rings. The largest absolute Gasteiger partial charge is 0.372 e. The first-order valence-corrected chi connectivity index (χ1v) is 10.7. The molecule has 1 aliphatic heterocycles. The van der Waals surface area contributed by atoms with Crippen molar-refractivity contribution in [1.29, 1.82) is 0 Å². The first-order valence-electron chi connectivity index (χ1n) is 10.7. The molecular formula is C22H30N4O2. The van der Waals surface area contributed by atoms with Crippen molar-refractivity contribution in [3.63, 3.8) is 0 Å². The Hall–Kier alpha value is -2.21. The van der Waals surface area contributed by atoms with Crippen LogP contribution in [0.4, 0.5) is 0 Å². The minimum Gasteiger partial charge on any atom is -0.372 e. The Bertz CT molecular complexity index is 753.